The summed E-state index contributed by atoms with van der Waals surface area (Å²) in [6, 6.07) is 2.97. The normalized spacial score (nSPS) is 10.0. The van der Waals surface area contributed by atoms with E-state index in [4.69, 9.17) is 11.6 Å². The number of rotatable bonds is 0. The Morgan fingerprint density at radius 2 is 2.10 bits per heavy atom. The lowest BCUT2D eigenvalue weighted by atomic mass is 10.2. The van der Waals surface area contributed by atoms with E-state index in [1.165, 1.54) is 6.07 Å². The third-order valence-electron chi connectivity index (χ3n) is 1.27. The first-order valence-electron chi connectivity index (χ1n) is 2.73. The van der Waals surface area contributed by atoms with Crippen LogP contribution in [0.4, 0.5) is 4.39 Å². The molecule has 1 aromatic carbocycles. The Morgan fingerprint density at radius 3 is 2.60 bits per heavy atom. The molecule has 54 valence electrons. The van der Waals surface area contributed by atoms with Crippen molar-refractivity contribution < 1.29 is 4.39 Å². The smallest absolute Gasteiger partial charge is 0.127 e. The van der Waals surface area contributed by atoms with E-state index >= 15 is 0 Å². The van der Waals surface area contributed by atoms with Gasteiger partial charge in [-0.2, -0.15) is 0 Å². The van der Waals surface area contributed by atoms with Crippen LogP contribution in [0.15, 0.2) is 16.6 Å². The van der Waals surface area contributed by atoms with Crippen molar-refractivity contribution >= 4 is 27.5 Å². The van der Waals surface area contributed by atoms with E-state index in [-0.39, 0.29) is 5.82 Å². The number of hydrogen-bond donors (Lipinski definition) is 0. The number of halogens is 3. The van der Waals surface area contributed by atoms with Gasteiger partial charge in [-0.25, -0.2) is 4.39 Å². The molecule has 0 aliphatic rings. The van der Waals surface area contributed by atoms with Crippen molar-refractivity contribution in [2.24, 2.45) is 0 Å². The van der Waals surface area contributed by atoms with Gasteiger partial charge < -0.3 is 0 Å². The van der Waals surface area contributed by atoms with Crippen molar-refractivity contribution in [3.05, 3.63) is 33.0 Å². The summed E-state index contributed by atoms with van der Waals surface area (Å²) in [5.74, 6) is -0.270. The van der Waals surface area contributed by atoms with Gasteiger partial charge in [0.15, 0.2) is 0 Å². The average molecular weight is 223 g/mol. The van der Waals surface area contributed by atoms with Gasteiger partial charge in [0.1, 0.15) is 5.82 Å². The second kappa shape index (κ2) is 2.89. The first-order valence-corrected chi connectivity index (χ1v) is 3.90. The summed E-state index contributed by atoms with van der Waals surface area (Å²) >= 11 is 8.88. The first-order chi connectivity index (χ1) is 4.63. The molecule has 0 bridgehead atoms. The molecule has 1 aromatic rings. The molecule has 0 fully saturated rings. The molecule has 3 heteroatoms. The highest BCUT2D eigenvalue weighted by Gasteiger charge is 2.04. The van der Waals surface area contributed by atoms with E-state index in [1.807, 2.05) is 0 Å². The molecule has 1 rings (SSSR count). The zero-order chi connectivity index (χ0) is 7.72. The van der Waals surface area contributed by atoms with Crippen molar-refractivity contribution in [2.75, 3.05) is 0 Å². The predicted octanol–water partition coefficient (Wildman–Crippen LogP) is 3.55. The molecule has 0 spiro atoms. The molecule has 0 atom stereocenters. The van der Waals surface area contributed by atoms with Crippen LogP contribution in [0, 0.1) is 12.7 Å². The Kier molecular flexibility index (Phi) is 2.32. The fourth-order valence-corrected chi connectivity index (χ4v) is 1.21. The fraction of sp³-hybridized carbons (Fsp3) is 0.143. The highest BCUT2D eigenvalue weighted by Crippen LogP contribution is 2.26. The quantitative estimate of drug-likeness (QED) is 0.590. The molecule has 0 aromatic heterocycles. The largest absolute Gasteiger partial charge is 0.207 e. The molecular formula is C7H5BrClF. The monoisotopic (exact) mass is 222 g/mol. The topological polar surface area (TPSA) is 0 Å². The summed E-state index contributed by atoms with van der Waals surface area (Å²) in [5.41, 5.74) is 0.482. The van der Waals surface area contributed by atoms with Crippen molar-refractivity contribution in [3.63, 3.8) is 0 Å². The van der Waals surface area contributed by atoms with Crippen molar-refractivity contribution in [1.29, 1.82) is 0 Å². The van der Waals surface area contributed by atoms with Gasteiger partial charge in [0, 0.05) is 10.0 Å². The maximum atomic E-state index is 12.7. The summed E-state index contributed by atoms with van der Waals surface area (Å²) < 4.78 is 13.4. The third-order valence-corrected chi connectivity index (χ3v) is 2.65. The summed E-state index contributed by atoms with van der Waals surface area (Å²) in [6.07, 6.45) is 0. The molecule has 0 aliphatic heterocycles. The zero-order valence-corrected chi connectivity index (χ0v) is 7.63. The Hall–Kier alpha value is -0.0800. The van der Waals surface area contributed by atoms with Crippen LogP contribution in [0.1, 0.15) is 5.56 Å². The molecule has 0 nitrogen and oxygen atoms in total. The highest BCUT2D eigenvalue weighted by atomic mass is 79.9. The van der Waals surface area contributed by atoms with Gasteiger partial charge in [-0.3, -0.25) is 0 Å². The molecule has 0 radical (unpaired) electrons. The van der Waals surface area contributed by atoms with Crippen molar-refractivity contribution in [2.45, 2.75) is 6.92 Å². The lowest BCUT2D eigenvalue weighted by molar-refractivity contribution is 0.618. The van der Waals surface area contributed by atoms with Crippen LogP contribution in [0.25, 0.3) is 0 Å². The van der Waals surface area contributed by atoms with Crippen LogP contribution in [-0.4, -0.2) is 0 Å². The molecule has 0 heterocycles. The SMILES string of the molecule is Cc1c(F)ccc(Br)c1Cl. The summed E-state index contributed by atoms with van der Waals surface area (Å²) in [7, 11) is 0. The molecule has 0 amide bonds. The van der Waals surface area contributed by atoms with E-state index in [2.05, 4.69) is 15.9 Å². The molecule has 10 heavy (non-hydrogen) atoms. The van der Waals surface area contributed by atoms with Crippen LogP contribution >= 0.6 is 27.5 Å². The van der Waals surface area contributed by atoms with Crippen LogP contribution < -0.4 is 0 Å². The van der Waals surface area contributed by atoms with E-state index in [0.29, 0.717) is 10.6 Å². The first kappa shape index (κ1) is 8.02. The highest BCUT2D eigenvalue weighted by molar-refractivity contribution is 9.10. The van der Waals surface area contributed by atoms with E-state index in [9.17, 15) is 4.39 Å². The number of hydrogen-bond acceptors (Lipinski definition) is 0. The van der Waals surface area contributed by atoms with Gasteiger partial charge in [-0.15, -0.1) is 0 Å². The van der Waals surface area contributed by atoms with Gasteiger partial charge >= 0.3 is 0 Å². The molecule has 0 unspecified atom stereocenters. The van der Waals surface area contributed by atoms with E-state index in [1.54, 1.807) is 13.0 Å². The van der Waals surface area contributed by atoms with Crippen molar-refractivity contribution in [1.82, 2.24) is 0 Å². The molecular weight excluding hydrogens is 218 g/mol. The van der Waals surface area contributed by atoms with Crippen LogP contribution in [0.3, 0.4) is 0 Å². The molecule has 0 saturated heterocycles. The Balaban J connectivity index is 3.34. The predicted molar refractivity (Wildman–Crippen MR) is 43.8 cm³/mol. The lowest BCUT2D eigenvalue weighted by Gasteiger charge is -1.99. The minimum atomic E-state index is -0.270. The minimum absolute atomic E-state index is 0.270. The zero-order valence-electron chi connectivity index (χ0n) is 5.29. The standard InChI is InChI=1S/C7H5BrClF/c1-4-6(10)3-2-5(8)7(4)9/h2-3H,1H3. The molecule has 0 N–H and O–H groups in total. The molecule has 0 aliphatic carbocycles. The minimum Gasteiger partial charge on any atom is -0.207 e. The van der Waals surface area contributed by atoms with Crippen molar-refractivity contribution in [3.8, 4) is 0 Å². The Labute approximate surface area is 72.1 Å². The second-order valence-corrected chi connectivity index (χ2v) is 3.20. The van der Waals surface area contributed by atoms with E-state index < -0.39 is 0 Å². The summed E-state index contributed by atoms with van der Waals surface area (Å²) in [4.78, 5) is 0. The van der Waals surface area contributed by atoms with Gasteiger partial charge in [-0.05, 0) is 35.0 Å². The fourth-order valence-electron chi connectivity index (χ4n) is 0.628. The second-order valence-electron chi connectivity index (χ2n) is 1.97. The van der Waals surface area contributed by atoms with Gasteiger partial charge in [0.25, 0.3) is 0 Å². The molecule has 0 saturated carbocycles. The van der Waals surface area contributed by atoms with Gasteiger partial charge in [0.2, 0.25) is 0 Å². The van der Waals surface area contributed by atoms with Gasteiger partial charge in [-0.1, -0.05) is 11.6 Å². The van der Waals surface area contributed by atoms with Crippen LogP contribution in [-0.2, 0) is 0 Å². The summed E-state index contributed by atoms with van der Waals surface area (Å²) in [6.45, 7) is 1.64. The van der Waals surface area contributed by atoms with Gasteiger partial charge in [0.05, 0.1) is 5.02 Å². The number of benzene rings is 1. The average Bonchev–Trinajstić information content (AvgIpc) is 1.93. The Morgan fingerprint density at radius 1 is 1.50 bits per heavy atom. The van der Waals surface area contributed by atoms with E-state index in [0.717, 1.165) is 4.47 Å². The van der Waals surface area contributed by atoms with Crippen LogP contribution in [0.5, 0.6) is 0 Å². The lowest BCUT2D eigenvalue weighted by Crippen LogP contribution is -1.82. The maximum absolute atomic E-state index is 12.7. The van der Waals surface area contributed by atoms with Crippen LogP contribution in [0.2, 0.25) is 5.02 Å². The third kappa shape index (κ3) is 1.32. The summed E-state index contributed by atoms with van der Waals surface area (Å²) in [5, 5.41) is 0.444. The maximum Gasteiger partial charge on any atom is 0.127 e. The Bertz CT molecular complexity index is 233.